The van der Waals surface area contributed by atoms with Crippen LogP contribution >= 0.6 is 0 Å². The summed E-state index contributed by atoms with van der Waals surface area (Å²) in [6.45, 7) is 0. The predicted molar refractivity (Wildman–Crippen MR) is 168 cm³/mol. The van der Waals surface area contributed by atoms with Gasteiger partial charge in [-0.2, -0.15) is 0 Å². The molecule has 0 unspecified atom stereocenters. The number of ketones is 4. The van der Waals surface area contributed by atoms with E-state index in [1.54, 1.807) is 152 Å². The summed E-state index contributed by atoms with van der Waals surface area (Å²) in [6, 6.07) is 42.9. The normalized spacial score (nSPS) is 11.4. The first-order valence-electron chi connectivity index (χ1n) is 13.7. The van der Waals surface area contributed by atoms with Crippen LogP contribution in [-0.4, -0.2) is 23.1 Å². The molecule has 208 valence electrons. The largest absolute Gasteiger partial charge is 0.303 e. The van der Waals surface area contributed by atoms with Crippen molar-refractivity contribution in [3.63, 3.8) is 0 Å². The van der Waals surface area contributed by atoms with E-state index in [1.165, 1.54) is 17.1 Å². The highest BCUT2D eigenvalue weighted by Gasteiger charge is 2.30. The van der Waals surface area contributed by atoms with Gasteiger partial charge in [-0.05, 0) is 12.1 Å². The molecule has 43 heavy (non-hydrogen) atoms. The van der Waals surface area contributed by atoms with Crippen LogP contribution in [0.5, 0.6) is 0 Å². The lowest BCUT2D eigenvalue weighted by atomic mass is 9.99. The molecule has 5 aromatic carbocycles. The standard InChI is InChI=1S/C38H27NO4/c40-35(28-16-6-1-7-17-28)26-33(37(42)30-20-10-3-11-21-30)39(32-24-14-5-15-25-32)34(38(43)31-22-12-4-13-23-31)27-36(41)29-18-8-2-9-19-29/h1-27H/b33-26-,34-27-. The van der Waals surface area contributed by atoms with E-state index >= 15 is 0 Å². The molecular formula is C38H27NO4. The minimum absolute atomic E-state index is 0.0809. The van der Waals surface area contributed by atoms with Crippen molar-refractivity contribution in [3.05, 3.63) is 197 Å². The monoisotopic (exact) mass is 561 g/mol. The Morgan fingerprint density at radius 2 is 0.651 bits per heavy atom. The summed E-state index contributed by atoms with van der Waals surface area (Å²) < 4.78 is 0. The molecule has 0 saturated carbocycles. The van der Waals surface area contributed by atoms with E-state index < -0.39 is 23.1 Å². The van der Waals surface area contributed by atoms with Crippen molar-refractivity contribution in [2.24, 2.45) is 0 Å². The Morgan fingerprint density at radius 1 is 0.372 bits per heavy atom. The predicted octanol–water partition coefficient (Wildman–Crippen LogP) is 7.79. The fourth-order valence-electron chi connectivity index (χ4n) is 4.54. The summed E-state index contributed by atoms with van der Waals surface area (Å²) in [6.07, 6.45) is 2.47. The lowest BCUT2D eigenvalue weighted by molar-refractivity contribution is 0.0994. The average Bonchev–Trinajstić information content (AvgIpc) is 3.08. The fraction of sp³-hybridized carbons (Fsp3) is 0. The van der Waals surface area contributed by atoms with Crippen molar-refractivity contribution in [2.75, 3.05) is 4.90 Å². The summed E-state index contributed by atoms with van der Waals surface area (Å²) >= 11 is 0. The van der Waals surface area contributed by atoms with Crippen molar-refractivity contribution in [3.8, 4) is 0 Å². The average molecular weight is 562 g/mol. The Kier molecular flexibility index (Phi) is 9.05. The molecule has 0 atom stereocenters. The van der Waals surface area contributed by atoms with Crippen LogP contribution in [0.2, 0.25) is 0 Å². The van der Waals surface area contributed by atoms with Crippen LogP contribution in [0, 0.1) is 0 Å². The van der Waals surface area contributed by atoms with Gasteiger partial charge in [0, 0.05) is 40.1 Å². The number of rotatable bonds is 11. The Morgan fingerprint density at radius 3 is 0.977 bits per heavy atom. The van der Waals surface area contributed by atoms with Gasteiger partial charge in [0.25, 0.3) is 0 Å². The van der Waals surface area contributed by atoms with Gasteiger partial charge in [-0.15, -0.1) is 0 Å². The van der Waals surface area contributed by atoms with Crippen LogP contribution in [-0.2, 0) is 0 Å². The molecule has 0 aliphatic carbocycles. The van der Waals surface area contributed by atoms with E-state index in [1.807, 2.05) is 0 Å². The summed E-state index contributed by atoms with van der Waals surface area (Å²) in [4.78, 5) is 57.1. The first kappa shape index (κ1) is 28.6. The van der Waals surface area contributed by atoms with Crippen LogP contribution in [0.15, 0.2) is 175 Å². The molecule has 0 aliphatic heterocycles. The second-order valence-electron chi connectivity index (χ2n) is 9.58. The van der Waals surface area contributed by atoms with Gasteiger partial charge in [-0.25, -0.2) is 0 Å². The third kappa shape index (κ3) is 6.87. The zero-order valence-corrected chi connectivity index (χ0v) is 23.2. The van der Waals surface area contributed by atoms with Gasteiger partial charge >= 0.3 is 0 Å². The summed E-state index contributed by atoms with van der Waals surface area (Å²) in [5.74, 6) is -1.84. The number of carbonyl (C=O) groups is 4. The minimum atomic E-state index is -0.493. The van der Waals surface area contributed by atoms with Crippen molar-refractivity contribution in [1.29, 1.82) is 0 Å². The minimum Gasteiger partial charge on any atom is -0.303 e. The number of para-hydroxylation sites is 1. The Bertz CT molecular complexity index is 1680. The van der Waals surface area contributed by atoms with Crippen LogP contribution in [0.1, 0.15) is 41.4 Å². The first-order chi connectivity index (χ1) is 21.0. The van der Waals surface area contributed by atoms with Crippen molar-refractivity contribution in [1.82, 2.24) is 0 Å². The highest BCUT2D eigenvalue weighted by atomic mass is 16.1. The molecule has 0 heterocycles. The Hall–Kier alpha value is -5.94. The molecular weight excluding hydrogens is 534 g/mol. The van der Waals surface area contributed by atoms with Crippen LogP contribution in [0.4, 0.5) is 5.69 Å². The fourth-order valence-corrected chi connectivity index (χ4v) is 4.54. The molecule has 0 N–H and O–H groups in total. The molecule has 5 heteroatoms. The Labute approximate surface area is 250 Å². The van der Waals surface area contributed by atoms with E-state index in [9.17, 15) is 19.2 Å². The number of hydrogen-bond donors (Lipinski definition) is 0. The third-order valence-corrected chi connectivity index (χ3v) is 6.69. The van der Waals surface area contributed by atoms with E-state index in [-0.39, 0.29) is 11.4 Å². The first-order valence-corrected chi connectivity index (χ1v) is 13.7. The number of nitrogens with zero attached hydrogens (tertiary/aromatic N) is 1. The summed E-state index contributed by atoms with van der Waals surface area (Å²) in [5, 5.41) is 0. The molecule has 5 rings (SSSR count). The molecule has 5 aromatic rings. The van der Waals surface area contributed by atoms with Gasteiger partial charge in [0.05, 0.1) is 11.4 Å². The smallest absolute Gasteiger partial charge is 0.209 e. The van der Waals surface area contributed by atoms with Crippen LogP contribution in [0.3, 0.4) is 0 Å². The topological polar surface area (TPSA) is 71.5 Å². The van der Waals surface area contributed by atoms with E-state index in [4.69, 9.17) is 0 Å². The van der Waals surface area contributed by atoms with Gasteiger partial charge in [0.2, 0.25) is 11.6 Å². The van der Waals surface area contributed by atoms with Crippen molar-refractivity contribution >= 4 is 28.8 Å². The van der Waals surface area contributed by atoms with Crippen molar-refractivity contribution in [2.45, 2.75) is 0 Å². The number of anilines is 1. The van der Waals surface area contributed by atoms with E-state index in [0.717, 1.165) is 0 Å². The second kappa shape index (κ2) is 13.6. The molecule has 0 spiro atoms. The van der Waals surface area contributed by atoms with E-state index in [0.29, 0.717) is 27.9 Å². The van der Waals surface area contributed by atoms with Crippen LogP contribution < -0.4 is 4.90 Å². The maximum Gasteiger partial charge on any atom is 0.209 e. The number of benzene rings is 5. The maximum atomic E-state index is 14.3. The summed E-state index contributed by atoms with van der Waals surface area (Å²) in [7, 11) is 0. The van der Waals surface area contributed by atoms with Gasteiger partial charge in [0.15, 0.2) is 11.6 Å². The van der Waals surface area contributed by atoms with Gasteiger partial charge in [0.1, 0.15) is 0 Å². The quantitative estimate of drug-likeness (QED) is 0.122. The highest BCUT2D eigenvalue weighted by molar-refractivity contribution is 6.22. The van der Waals surface area contributed by atoms with Gasteiger partial charge in [-0.3, -0.25) is 19.2 Å². The van der Waals surface area contributed by atoms with Gasteiger partial charge in [-0.1, -0.05) is 140 Å². The second-order valence-corrected chi connectivity index (χ2v) is 9.58. The molecule has 0 aliphatic rings. The van der Waals surface area contributed by atoms with Crippen molar-refractivity contribution < 1.29 is 19.2 Å². The molecule has 0 aromatic heterocycles. The number of carbonyl (C=O) groups excluding carboxylic acids is 4. The molecule has 0 fully saturated rings. The molecule has 0 bridgehead atoms. The zero-order valence-electron chi connectivity index (χ0n) is 23.2. The summed E-state index contributed by atoms with van der Waals surface area (Å²) in [5.41, 5.74) is 1.64. The molecule has 0 radical (unpaired) electrons. The van der Waals surface area contributed by atoms with Gasteiger partial charge < -0.3 is 4.90 Å². The molecule has 0 saturated heterocycles. The molecule has 5 nitrogen and oxygen atoms in total. The lowest BCUT2D eigenvalue weighted by Gasteiger charge is -2.29. The number of Topliss-reactive ketones (excluding diaryl/α,β-unsaturated/α-hetero) is 2. The SMILES string of the molecule is O=C(/C=C(/C(=O)c1ccccc1)N(/C(=C\C(=O)c1ccccc1)C(=O)c1ccccc1)c1ccccc1)c1ccccc1. The molecule has 0 amide bonds. The lowest BCUT2D eigenvalue weighted by Crippen LogP contribution is -2.32. The van der Waals surface area contributed by atoms with E-state index in [2.05, 4.69) is 0 Å². The van der Waals surface area contributed by atoms with Crippen LogP contribution in [0.25, 0.3) is 0 Å². The number of hydrogen-bond acceptors (Lipinski definition) is 5. The number of allylic oxidation sites excluding steroid dienone is 4. The third-order valence-electron chi connectivity index (χ3n) is 6.69. The Balaban J connectivity index is 1.78. The maximum absolute atomic E-state index is 14.3. The zero-order chi connectivity index (χ0) is 30.0. The highest BCUT2D eigenvalue weighted by Crippen LogP contribution is 2.30.